The average Bonchev–Trinajstić information content (AvgIpc) is 2.34. The molecule has 1 aliphatic rings. The first-order chi connectivity index (χ1) is 8.16. The maximum Gasteiger partial charge on any atom is 0.0462 e. The molecule has 0 aromatic heterocycles. The van der Waals surface area contributed by atoms with Crippen molar-refractivity contribution in [1.82, 2.24) is 10.2 Å². The SMILES string of the molecule is CN(Cc1ccc(Br)cc1Cl)C1CCCNC1. The van der Waals surface area contributed by atoms with Gasteiger partial charge in [0, 0.05) is 28.6 Å². The Morgan fingerprint density at radius 1 is 1.53 bits per heavy atom. The van der Waals surface area contributed by atoms with Crippen molar-refractivity contribution in [1.29, 1.82) is 0 Å². The van der Waals surface area contributed by atoms with Crippen molar-refractivity contribution in [3.8, 4) is 0 Å². The fourth-order valence-corrected chi connectivity index (χ4v) is 2.99. The number of nitrogens with one attached hydrogen (secondary N) is 1. The van der Waals surface area contributed by atoms with Crippen molar-refractivity contribution >= 4 is 27.5 Å². The summed E-state index contributed by atoms with van der Waals surface area (Å²) in [5, 5.41) is 4.29. The zero-order chi connectivity index (χ0) is 12.3. The summed E-state index contributed by atoms with van der Waals surface area (Å²) in [6.45, 7) is 3.16. The molecule has 1 atom stereocenters. The Kier molecular flexibility index (Phi) is 4.86. The minimum atomic E-state index is 0.628. The molecular weight excluding hydrogens is 300 g/mol. The molecule has 4 heteroatoms. The van der Waals surface area contributed by atoms with E-state index in [1.54, 1.807) is 0 Å². The van der Waals surface area contributed by atoms with Crippen LogP contribution in [-0.4, -0.2) is 31.1 Å². The molecule has 17 heavy (non-hydrogen) atoms. The number of hydrogen-bond acceptors (Lipinski definition) is 2. The third kappa shape index (κ3) is 3.68. The zero-order valence-electron chi connectivity index (χ0n) is 10.0. The summed E-state index contributed by atoms with van der Waals surface area (Å²) >= 11 is 9.67. The predicted octanol–water partition coefficient (Wildman–Crippen LogP) is 3.29. The Morgan fingerprint density at radius 2 is 2.35 bits per heavy atom. The second kappa shape index (κ2) is 6.19. The van der Waals surface area contributed by atoms with Crippen molar-refractivity contribution in [2.45, 2.75) is 25.4 Å². The minimum Gasteiger partial charge on any atom is -0.315 e. The highest BCUT2D eigenvalue weighted by Crippen LogP contribution is 2.23. The summed E-state index contributed by atoms with van der Waals surface area (Å²) in [7, 11) is 2.18. The molecule has 0 amide bonds. The molecule has 1 aromatic rings. The van der Waals surface area contributed by atoms with Crippen LogP contribution in [-0.2, 0) is 6.54 Å². The van der Waals surface area contributed by atoms with E-state index in [-0.39, 0.29) is 0 Å². The second-order valence-electron chi connectivity index (χ2n) is 4.65. The van der Waals surface area contributed by atoms with Gasteiger partial charge in [-0.1, -0.05) is 33.6 Å². The lowest BCUT2D eigenvalue weighted by atomic mass is 10.1. The van der Waals surface area contributed by atoms with Gasteiger partial charge in [-0.3, -0.25) is 4.90 Å². The number of likely N-dealkylation sites (N-methyl/N-ethyl adjacent to an activating group) is 1. The van der Waals surface area contributed by atoms with E-state index < -0.39 is 0 Å². The summed E-state index contributed by atoms with van der Waals surface area (Å²) in [5.41, 5.74) is 1.20. The predicted molar refractivity (Wildman–Crippen MR) is 76.5 cm³/mol. The van der Waals surface area contributed by atoms with E-state index in [0.717, 1.165) is 29.1 Å². The molecule has 0 bridgehead atoms. The lowest BCUT2D eigenvalue weighted by Crippen LogP contribution is -2.43. The lowest BCUT2D eigenvalue weighted by molar-refractivity contribution is 0.196. The van der Waals surface area contributed by atoms with Gasteiger partial charge < -0.3 is 5.32 Å². The molecule has 0 radical (unpaired) electrons. The van der Waals surface area contributed by atoms with Gasteiger partial charge in [-0.15, -0.1) is 0 Å². The van der Waals surface area contributed by atoms with Crippen LogP contribution in [0.1, 0.15) is 18.4 Å². The van der Waals surface area contributed by atoms with Crippen LogP contribution in [0.4, 0.5) is 0 Å². The third-order valence-electron chi connectivity index (χ3n) is 3.33. The van der Waals surface area contributed by atoms with Gasteiger partial charge in [0.05, 0.1) is 0 Å². The summed E-state index contributed by atoms with van der Waals surface area (Å²) in [6.07, 6.45) is 2.54. The van der Waals surface area contributed by atoms with Gasteiger partial charge in [0.25, 0.3) is 0 Å². The highest BCUT2D eigenvalue weighted by Gasteiger charge is 2.18. The maximum absolute atomic E-state index is 6.24. The number of nitrogens with zero attached hydrogens (tertiary/aromatic N) is 1. The molecule has 0 spiro atoms. The normalized spacial score (nSPS) is 20.8. The lowest BCUT2D eigenvalue weighted by Gasteiger charge is -2.31. The maximum atomic E-state index is 6.24. The molecule has 1 aliphatic heterocycles. The van der Waals surface area contributed by atoms with E-state index in [2.05, 4.69) is 39.3 Å². The highest BCUT2D eigenvalue weighted by atomic mass is 79.9. The molecule has 1 N–H and O–H groups in total. The number of benzene rings is 1. The van der Waals surface area contributed by atoms with Gasteiger partial charge in [0.15, 0.2) is 0 Å². The summed E-state index contributed by atoms with van der Waals surface area (Å²) in [4.78, 5) is 2.39. The summed E-state index contributed by atoms with van der Waals surface area (Å²) in [6, 6.07) is 6.74. The third-order valence-corrected chi connectivity index (χ3v) is 4.17. The van der Waals surface area contributed by atoms with Crippen molar-refractivity contribution in [2.24, 2.45) is 0 Å². The average molecular weight is 318 g/mol. The van der Waals surface area contributed by atoms with E-state index in [4.69, 9.17) is 11.6 Å². The molecule has 1 fully saturated rings. The van der Waals surface area contributed by atoms with Gasteiger partial charge >= 0.3 is 0 Å². The monoisotopic (exact) mass is 316 g/mol. The Hall–Kier alpha value is -0.0900. The van der Waals surface area contributed by atoms with Crippen molar-refractivity contribution < 1.29 is 0 Å². The van der Waals surface area contributed by atoms with Crippen LogP contribution in [0.25, 0.3) is 0 Å². The fourth-order valence-electron chi connectivity index (χ4n) is 2.26. The van der Waals surface area contributed by atoms with Crippen LogP contribution in [0.3, 0.4) is 0 Å². The van der Waals surface area contributed by atoms with E-state index in [0.29, 0.717) is 6.04 Å². The van der Waals surface area contributed by atoms with Crippen LogP contribution >= 0.6 is 27.5 Å². The Balaban J connectivity index is 1.99. The molecule has 2 rings (SSSR count). The Bertz CT molecular complexity index is 378. The fraction of sp³-hybridized carbons (Fsp3) is 0.538. The van der Waals surface area contributed by atoms with Crippen molar-refractivity contribution in [2.75, 3.05) is 20.1 Å². The molecule has 94 valence electrons. The largest absolute Gasteiger partial charge is 0.315 e. The van der Waals surface area contributed by atoms with Crippen LogP contribution < -0.4 is 5.32 Å². The standard InChI is InChI=1S/C13H18BrClN2/c1-17(12-3-2-6-16-8-12)9-10-4-5-11(14)7-13(10)15/h4-5,7,12,16H,2-3,6,8-9H2,1H3. The van der Waals surface area contributed by atoms with Crippen molar-refractivity contribution in [3.63, 3.8) is 0 Å². The van der Waals surface area contributed by atoms with E-state index >= 15 is 0 Å². The van der Waals surface area contributed by atoms with Gasteiger partial charge in [-0.2, -0.15) is 0 Å². The van der Waals surface area contributed by atoms with Crippen molar-refractivity contribution in [3.05, 3.63) is 33.3 Å². The van der Waals surface area contributed by atoms with Crippen LogP contribution in [0, 0.1) is 0 Å². The molecule has 0 aliphatic carbocycles. The van der Waals surface area contributed by atoms with E-state index in [1.807, 2.05) is 12.1 Å². The molecular formula is C13H18BrClN2. The second-order valence-corrected chi connectivity index (χ2v) is 5.97. The van der Waals surface area contributed by atoms with E-state index in [1.165, 1.54) is 18.4 Å². The van der Waals surface area contributed by atoms with E-state index in [9.17, 15) is 0 Å². The first-order valence-electron chi connectivity index (χ1n) is 6.01. The van der Waals surface area contributed by atoms with Gasteiger partial charge in [0.1, 0.15) is 0 Å². The Morgan fingerprint density at radius 3 is 3.00 bits per heavy atom. The number of halogens is 2. The first kappa shape index (κ1) is 13.3. The van der Waals surface area contributed by atoms with Gasteiger partial charge in [-0.05, 0) is 44.1 Å². The quantitative estimate of drug-likeness (QED) is 0.920. The molecule has 0 saturated carbocycles. The number of rotatable bonds is 3. The number of piperidine rings is 1. The zero-order valence-corrected chi connectivity index (χ0v) is 12.4. The van der Waals surface area contributed by atoms with Gasteiger partial charge in [-0.25, -0.2) is 0 Å². The first-order valence-corrected chi connectivity index (χ1v) is 7.19. The smallest absolute Gasteiger partial charge is 0.0462 e. The van der Waals surface area contributed by atoms with Gasteiger partial charge in [0.2, 0.25) is 0 Å². The number of hydrogen-bond donors (Lipinski definition) is 1. The molecule has 1 aromatic carbocycles. The molecule has 2 nitrogen and oxygen atoms in total. The van der Waals surface area contributed by atoms with Crippen LogP contribution in [0.5, 0.6) is 0 Å². The molecule has 1 unspecified atom stereocenters. The van der Waals surface area contributed by atoms with Crippen LogP contribution in [0.2, 0.25) is 5.02 Å². The summed E-state index contributed by atoms with van der Waals surface area (Å²) < 4.78 is 1.04. The van der Waals surface area contributed by atoms with Crippen LogP contribution in [0.15, 0.2) is 22.7 Å². The molecule has 1 saturated heterocycles. The summed E-state index contributed by atoms with van der Waals surface area (Å²) in [5.74, 6) is 0. The highest BCUT2D eigenvalue weighted by molar-refractivity contribution is 9.10. The topological polar surface area (TPSA) is 15.3 Å². The molecule has 1 heterocycles. The Labute approximate surface area is 116 Å². The minimum absolute atomic E-state index is 0.628.